The molecule has 0 aromatic heterocycles. The number of aliphatic hydroxyl groups excluding tert-OH is 2. The van der Waals surface area contributed by atoms with Crippen LogP contribution in [0.1, 0.15) is 175 Å². The molecule has 14 atom stereocenters. The summed E-state index contributed by atoms with van der Waals surface area (Å²) in [6, 6.07) is 10.5. The lowest BCUT2D eigenvalue weighted by molar-refractivity contribution is -0.357. The van der Waals surface area contributed by atoms with Gasteiger partial charge in [-0.15, -0.1) is 5.92 Å². The summed E-state index contributed by atoms with van der Waals surface area (Å²) >= 11 is 0. The highest BCUT2D eigenvalue weighted by Gasteiger charge is 2.87. The van der Waals surface area contributed by atoms with Crippen molar-refractivity contribution in [3.63, 3.8) is 0 Å². The molecule has 14 unspecified atom stereocenters. The van der Waals surface area contributed by atoms with Gasteiger partial charge in [-0.1, -0.05) is 102 Å². The number of fused-ring (bicyclic) bond motifs is 3. The molecule has 320 valence electrons. The van der Waals surface area contributed by atoms with Gasteiger partial charge in [0.2, 0.25) is 0 Å². The molecule has 6 saturated carbocycles. The topological polar surface area (TPSA) is 107 Å². The number of carbonyl (C=O) groups is 1. The van der Waals surface area contributed by atoms with Crippen molar-refractivity contribution in [2.45, 2.75) is 194 Å². The predicted molar refractivity (Wildman–Crippen MR) is 227 cm³/mol. The number of benzene rings is 1. The Kier molecular flexibility index (Phi) is 10.0. The summed E-state index contributed by atoms with van der Waals surface area (Å²) in [6.07, 6.45) is 20.1. The summed E-state index contributed by atoms with van der Waals surface area (Å²) in [6.45, 7) is 11.6. The van der Waals surface area contributed by atoms with Gasteiger partial charge < -0.3 is 25.2 Å². The minimum atomic E-state index is -1.45. The van der Waals surface area contributed by atoms with Crippen molar-refractivity contribution < 1.29 is 30.0 Å². The van der Waals surface area contributed by atoms with Crippen LogP contribution in [-0.4, -0.2) is 51.0 Å². The summed E-state index contributed by atoms with van der Waals surface area (Å²) in [4.78, 5) is 13.2. The number of rotatable bonds is 9. The summed E-state index contributed by atoms with van der Waals surface area (Å²) in [5, 5.41) is 49.1. The van der Waals surface area contributed by atoms with Crippen LogP contribution in [0.4, 0.5) is 0 Å². The first-order valence-electron chi connectivity index (χ1n) is 24.0. The molecule has 6 nitrogen and oxygen atoms in total. The van der Waals surface area contributed by atoms with Gasteiger partial charge in [-0.2, -0.15) is 0 Å². The maximum absolute atomic E-state index is 13.2. The third-order valence-corrected chi connectivity index (χ3v) is 21.3. The monoisotopic (exact) mass is 797 g/mol. The molecule has 0 amide bonds. The zero-order chi connectivity index (χ0) is 41.0. The molecule has 1 aliphatic heterocycles. The average Bonchev–Trinajstić information content (AvgIpc) is 3.78. The van der Waals surface area contributed by atoms with Crippen molar-refractivity contribution in [2.75, 3.05) is 6.61 Å². The zero-order valence-electron chi connectivity index (χ0n) is 36.7. The number of carboxylic acid groups (broad SMARTS) is 1. The second-order valence-electron chi connectivity index (χ2n) is 23.0. The van der Waals surface area contributed by atoms with E-state index in [1.54, 1.807) is 0 Å². The lowest BCUT2D eigenvalue weighted by Crippen LogP contribution is -2.80. The fraction of sp³-hybridized carbons (Fsp3) is 0.827. The Labute approximate surface area is 350 Å². The van der Waals surface area contributed by atoms with Gasteiger partial charge in [0.15, 0.2) is 5.79 Å². The first kappa shape index (κ1) is 41.4. The summed E-state index contributed by atoms with van der Waals surface area (Å²) in [5.74, 6) is 7.61. The smallest absolute Gasteiger partial charge is 0.309 e. The van der Waals surface area contributed by atoms with Crippen molar-refractivity contribution in [1.82, 2.24) is 0 Å². The molecule has 9 rings (SSSR count). The van der Waals surface area contributed by atoms with Gasteiger partial charge in [0.05, 0.1) is 24.2 Å². The van der Waals surface area contributed by atoms with E-state index < -0.39 is 44.9 Å². The lowest BCUT2D eigenvalue weighted by Gasteiger charge is -2.81. The summed E-state index contributed by atoms with van der Waals surface area (Å²) in [7, 11) is 0. The highest BCUT2D eigenvalue weighted by molar-refractivity contribution is 5.74. The number of ether oxygens (including phenoxy) is 1. The van der Waals surface area contributed by atoms with Crippen LogP contribution in [-0.2, 0) is 16.0 Å². The van der Waals surface area contributed by atoms with E-state index in [0.29, 0.717) is 12.3 Å². The number of carboxylic acids is 1. The van der Waals surface area contributed by atoms with E-state index in [9.17, 15) is 25.2 Å². The van der Waals surface area contributed by atoms with E-state index in [1.165, 1.54) is 38.5 Å². The van der Waals surface area contributed by atoms with E-state index in [-0.39, 0.29) is 47.2 Å². The molecule has 7 aliphatic carbocycles. The molecule has 1 saturated heterocycles. The molecule has 8 aliphatic rings. The van der Waals surface area contributed by atoms with Gasteiger partial charge in [-0.3, -0.25) is 4.79 Å². The number of hydrogen-bond acceptors (Lipinski definition) is 5. The first-order chi connectivity index (χ1) is 27.6. The van der Waals surface area contributed by atoms with E-state index in [2.05, 4.69) is 63.8 Å². The summed E-state index contributed by atoms with van der Waals surface area (Å²) < 4.78 is 7.03. The van der Waals surface area contributed by atoms with Crippen LogP contribution in [0.5, 0.6) is 0 Å². The Balaban J connectivity index is 1.24. The standard InChI is InChI=1S/C52H76O6/c1-6-13-39-50-31-30-49-22-12-18-37(20-19-36-14-10-11-15-36)21-23-48(40-33-45(3,43(55)56)25-24-44(40,2)26-27-46(48,49)4)29-28-47(49,5)51(50,35-53)41(54)34-52(39,57)58-42(50)32-38-16-8-7-9-17-38/h7-9,16-17,36-37,39-42,53-54,57H,6,10-11,13-15,18-21,23-35H2,1-5H3,(H,55,56). The second-order valence-corrected chi connectivity index (χ2v) is 23.0. The summed E-state index contributed by atoms with van der Waals surface area (Å²) in [5.41, 5.74) is -2.60. The molecule has 6 heteroatoms. The average molecular weight is 797 g/mol. The highest BCUT2D eigenvalue weighted by atomic mass is 16.6. The molecule has 4 N–H and O–H groups in total. The Bertz CT molecular complexity index is 1800. The maximum atomic E-state index is 13.2. The third kappa shape index (κ3) is 5.21. The van der Waals surface area contributed by atoms with Gasteiger partial charge in [-0.05, 0) is 142 Å². The van der Waals surface area contributed by atoms with Crippen LogP contribution in [0.15, 0.2) is 30.3 Å². The van der Waals surface area contributed by atoms with E-state index in [4.69, 9.17) is 4.74 Å². The molecule has 7 fully saturated rings. The number of hydrogen-bond donors (Lipinski definition) is 4. The molecule has 0 radical (unpaired) electrons. The van der Waals surface area contributed by atoms with Crippen LogP contribution < -0.4 is 0 Å². The van der Waals surface area contributed by atoms with Crippen molar-refractivity contribution in [2.24, 2.45) is 67.0 Å². The molecule has 1 heterocycles. The van der Waals surface area contributed by atoms with Crippen molar-refractivity contribution in [3.05, 3.63) is 35.9 Å². The largest absolute Gasteiger partial charge is 0.481 e. The van der Waals surface area contributed by atoms with E-state index in [1.807, 2.05) is 13.0 Å². The molecule has 1 aromatic carbocycles. The van der Waals surface area contributed by atoms with E-state index in [0.717, 1.165) is 101 Å². The molecule has 58 heavy (non-hydrogen) atoms. The Morgan fingerprint density at radius 2 is 1.53 bits per heavy atom. The lowest BCUT2D eigenvalue weighted by atomic mass is 9.21. The van der Waals surface area contributed by atoms with Crippen LogP contribution in [0.2, 0.25) is 0 Å². The normalized spacial score (nSPS) is 50.8. The van der Waals surface area contributed by atoms with Crippen LogP contribution in [0.3, 0.4) is 0 Å². The van der Waals surface area contributed by atoms with Gasteiger partial charge >= 0.3 is 5.97 Å². The zero-order valence-corrected chi connectivity index (χ0v) is 36.7. The molecular weight excluding hydrogens is 721 g/mol. The van der Waals surface area contributed by atoms with Crippen LogP contribution >= 0.6 is 0 Å². The van der Waals surface area contributed by atoms with Crippen molar-refractivity contribution in [1.29, 1.82) is 0 Å². The van der Waals surface area contributed by atoms with Crippen LogP contribution in [0, 0.1) is 78.8 Å². The fourth-order valence-corrected chi connectivity index (χ4v) is 18.1. The molecule has 2 spiro atoms. The van der Waals surface area contributed by atoms with Gasteiger partial charge in [-0.25, -0.2) is 0 Å². The fourth-order valence-electron chi connectivity index (χ4n) is 18.1. The Hall–Kier alpha value is -1.91. The Morgan fingerprint density at radius 3 is 2.24 bits per heavy atom. The maximum Gasteiger partial charge on any atom is 0.309 e. The molecule has 4 bridgehead atoms. The van der Waals surface area contributed by atoms with Gasteiger partial charge in [0.25, 0.3) is 0 Å². The highest BCUT2D eigenvalue weighted by Crippen LogP contribution is 2.88. The van der Waals surface area contributed by atoms with Crippen LogP contribution in [0.25, 0.3) is 0 Å². The second kappa shape index (κ2) is 14.1. The number of aliphatic hydroxyl groups is 3. The third-order valence-electron chi connectivity index (χ3n) is 21.3. The van der Waals surface area contributed by atoms with Gasteiger partial charge in [0, 0.05) is 35.0 Å². The first-order valence-corrected chi connectivity index (χ1v) is 24.0. The van der Waals surface area contributed by atoms with Gasteiger partial charge in [0.1, 0.15) is 0 Å². The molecular formula is C52H76O6. The van der Waals surface area contributed by atoms with Crippen molar-refractivity contribution in [3.8, 4) is 11.8 Å². The van der Waals surface area contributed by atoms with Crippen molar-refractivity contribution >= 4 is 5.97 Å². The quantitative estimate of drug-likeness (QED) is 0.185. The Morgan fingerprint density at radius 1 is 0.828 bits per heavy atom. The molecule has 1 aromatic rings. The minimum absolute atomic E-state index is 0.0713. The number of aliphatic carboxylic acids is 1. The SMILES string of the molecule is CCCC1C2(O)CC(O)C3(CO)C1(CCC14C#CCC(CCC5CCCC5)CCC5(CCC13C)C1CC(C)(C(=O)O)CCC1(C)CCC54C)C(Cc1ccccc1)O2. The predicted octanol–water partition coefficient (Wildman–Crippen LogP) is 10.5. The minimum Gasteiger partial charge on any atom is -0.481 e. The van der Waals surface area contributed by atoms with E-state index >= 15 is 0 Å².